The number of carbonyl (C=O) groups is 2. The van der Waals surface area contributed by atoms with Gasteiger partial charge in [0.25, 0.3) is 5.56 Å². The summed E-state index contributed by atoms with van der Waals surface area (Å²) in [7, 11) is 0. The second kappa shape index (κ2) is 12.6. The Morgan fingerprint density at radius 1 is 1.18 bits per heavy atom. The lowest BCUT2D eigenvalue weighted by Gasteiger charge is -2.33. The lowest BCUT2D eigenvalue weighted by atomic mass is 9.97. The fourth-order valence-corrected chi connectivity index (χ4v) is 7.28. The van der Waals surface area contributed by atoms with Gasteiger partial charge in [0.2, 0.25) is 11.8 Å². The molecule has 1 aliphatic carbocycles. The first-order valence-electron chi connectivity index (χ1n) is 15.1. The van der Waals surface area contributed by atoms with Crippen LogP contribution in [0.5, 0.6) is 0 Å². The Hall–Kier alpha value is -4.12. The number of nitrogens with one attached hydrogen (secondary N) is 2. The summed E-state index contributed by atoms with van der Waals surface area (Å²) in [5, 5.41) is 16.7. The van der Waals surface area contributed by atoms with Crippen LogP contribution < -0.4 is 10.9 Å². The van der Waals surface area contributed by atoms with Crippen LogP contribution in [-0.4, -0.2) is 64.6 Å². The highest BCUT2D eigenvalue weighted by Crippen LogP contribution is 2.66. The number of hydrogen-bond donors (Lipinski definition) is 2. The van der Waals surface area contributed by atoms with Crippen molar-refractivity contribution >= 4 is 39.3 Å². The number of H-pyrrole nitrogens is 1. The van der Waals surface area contributed by atoms with Gasteiger partial charge in [-0.2, -0.15) is 37.2 Å². The largest absolute Gasteiger partial charge is 0.435 e. The SMILES string of the molecule is CC(C)(Cn1nc(C(F)(F)F)cc1-c1ccc(=O)[nH]n1)NC(=O)[C@@H](Cc1cnn(C(F)F)c1)N1CC[C@@]2(C[C@@H]2c2ccc(Br)cc2Cl)C1=O. The number of halogens is 7. The molecule has 0 radical (unpaired) electrons. The standard InChI is InChI=1S/C31H29BrClF5N8O3/c1-29(2,15-46-22(11-24(43-46)31(36,37)38)21-5-6-25(47)42-41-21)40-26(48)23(9-16-13-39-45(14-16)28(34)35)44-8-7-30(27(44)49)12-19(30)18-4-3-17(32)10-20(18)33/h3-6,10-11,13-14,19,23,28H,7-9,12,15H2,1-2H3,(H,40,48)(H,42,47)/t19-,23-,30+/m1/s1. The number of carbonyl (C=O) groups excluding carboxylic acids is 2. The summed E-state index contributed by atoms with van der Waals surface area (Å²) in [6, 6.07) is 7.41. The molecule has 4 aromatic rings. The van der Waals surface area contributed by atoms with Crippen LogP contribution in [0.4, 0.5) is 22.0 Å². The molecular formula is C31H29BrClF5N8O3. The summed E-state index contributed by atoms with van der Waals surface area (Å²) >= 11 is 9.89. The molecule has 3 aromatic heterocycles. The van der Waals surface area contributed by atoms with Crippen molar-refractivity contribution in [2.75, 3.05) is 6.54 Å². The number of alkyl halides is 5. The van der Waals surface area contributed by atoms with E-state index < -0.39 is 46.9 Å². The smallest absolute Gasteiger partial charge is 0.348 e. The number of aromatic amines is 1. The fourth-order valence-electron chi connectivity index (χ4n) is 6.48. The molecular weight excluding hydrogens is 743 g/mol. The molecule has 2 fully saturated rings. The molecule has 2 N–H and O–H groups in total. The molecule has 0 unspecified atom stereocenters. The van der Waals surface area contributed by atoms with Gasteiger partial charge in [0.1, 0.15) is 11.7 Å². The maximum absolute atomic E-state index is 14.1. The Balaban J connectivity index is 1.27. The van der Waals surface area contributed by atoms with E-state index in [1.165, 1.54) is 17.2 Å². The third kappa shape index (κ3) is 7.00. The molecule has 18 heteroatoms. The van der Waals surface area contributed by atoms with E-state index in [2.05, 4.69) is 41.6 Å². The zero-order valence-electron chi connectivity index (χ0n) is 25.9. The van der Waals surface area contributed by atoms with Crippen molar-refractivity contribution in [2.24, 2.45) is 5.41 Å². The minimum Gasteiger partial charge on any atom is -0.348 e. The summed E-state index contributed by atoms with van der Waals surface area (Å²) in [5.74, 6) is -1.09. The fraction of sp³-hybridized carbons (Fsp3) is 0.419. The van der Waals surface area contributed by atoms with Crippen molar-refractivity contribution in [3.8, 4) is 11.4 Å². The Morgan fingerprint density at radius 2 is 1.94 bits per heavy atom. The first-order valence-corrected chi connectivity index (χ1v) is 16.2. The van der Waals surface area contributed by atoms with E-state index in [0.717, 1.165) is 33.0 Å². The van der Waals surface area contributed by atoms with Gasteiger partial charge in [0.05, 0.1) is 29.4 Å². The van der Waals surface area contributed by atoms with E-state index in [-0.39, 0.29) is 48.3 Å². The Labute approximate surface area is 288 Å². The number of aromatic nitrogens is 6. The van der Waals surface area contributed by atoms with Crippen molar-refractivity contribution in [1.82, 2.24) is 40.0 Å². The Morgan fingerprint density at radius 3 is 2.57 bits per heavy atom. The van der Waals surface area contributed by atoms with E-state index in [1.807, 2.05) is 12.1 Å². The predicted octanol–water partition coefficient (Wildman–Crippen LogP) is 5.57. The highest BCUT2D eigenvalue weighted by atomic mass is 79.9. The van der Waals surface area contributed by atoms with Crippen molar-refractivity contribution in [2.45, 2.75) is 69.9 Å². The van der Waals surface area contributed by atoms with Gasteiger partial charge in [-0.25, -0.2) is 9.78 Å². The molecule has 2 amide bonds. The molecule has 1 aliphatic heterocycles. The summed E-state index contributed by atoms with van der Waals surface area (Å²) in [4.78, 5) is 41.1. The van der Waals surface area contributed by atoms with E-state index in [0.29, 0.717) is 22.5 Å². The minimum absolute atomic E-state index is 0.0106. The Kier molecular flexibility index (Phi) is 8.96. The number of likely N-dealkylation sites (tertiary alicyclic amines) is 1. The lowest BCUT2D eigenvalue weighted by molar-refractivity contribution is -0.141. The molecule has 11 nitrogen and oxygen atoms in total. The molecule has 1 aromatic carbocycles. The van der Waals surface area contributed by atoms with Crippen LogP contribution >= 0.6 is 27.5 Å². The van der Waals surface area contributed by atoms with Crippen LogP contribution in [-0.2, 0) is 28.7 Å². The van der Waals surface area contributed by atoms with Crippen LogP contribution in [0.15, 0.2) is 58.1 Å². The van der Waals surface area contributed by atoms with Gasteiger partial charge >= 0.3 is 12.7 Å². The van der Waals surface area contributed by atoms with Gasteiger partial charge in [0.15, 0.2) is 5.69 Å². The van der Waals surface area contributed by atoms with Gasteiger partial charge in [-0.15, -0.1) is 0 Å². The van der Waals surface area contributed by atoms with Crippen LogP contribution in [0.3, 0.4) is 0 Å². The van der Waals surface area contributed by atoms with E-state index in [4.69, 9.17) is 11.6 Å². The normalized spacial score (nSPS) is 20.0. The molecule has 1 saturated carbocycles. The topological polar surface area (TPSA) is 131 Å². The highest BCUT2D eigenvalue weighted by molar-refractivity contribution is 9.10. The molecule has 1 spiro atoms. The number of rotatable bonds is 10. The average molecular weight is 772 g/mol. The van der Waals surface area contributed by atoms with E-state index in [1.54, 1.807) is 19.9 Å². The molecule has 3 atom stereocenters. The first-order chi connectivity index (χ1) is 23.0. The Bertz CT molecular complexity index is 1960. The van der Waals surface area contributed by atoms with E-state index >= 15 is 0 Å². The number of amides is 2. The highest BCUT2D eigenvalue weighted by Gasteiger charge is 2.65. The summed E-state index contributed by atoms with van der Waals surface area (Å²) < 4.78 is 70.0. The molecule has 49 heavy (non-hydrogen) atoms. The average Bonchev–Trinajstić information content (AvgIpc) is 3.28. The molecule has 6 rings (SSSR count). The summed E-state index contributed by atoms with van der Waals surface area (Å²) in [6.07, 6.45) is -1.69. The second-order valence-corrected chi connectivity index (χ2v) is 14.2. The molecule has 260 valence electrons. The molecule has 4 heterocycles. The summed E-state index contributed by atoms with van der Waals surface area (Å²) in [6.45, 7) is 0.149. The van der Waals surface area contributed by atoms with Crippen molar-refractivity contribution in [3.05, 3.63) is 85.5 Å². The van der Waals surface area contributed by atoms with Gasteiger partial charge in [-0.3, -0.25) is 19.1 Å². The maximum atomic E-state index is 14.1. The number of benzene rings is 1. The van der Waals surface area contributed by atoms with Gasteiger partial charge in [-0.1, -0.05) is 33.6 Å². The molecule has 1 saturated heterocycles. The third-order valence-electron chi connectivity index (χ3n) is 8.88. The quantitative estimate of drug-likeness (QED) is 0.203. The van der Waals surface area contributed by atoms with Crippen LogP contribution in [0.25, 0.3) is 11.4 Å². The zero-order valence-corrected chi connectivity index (χ0v) is 28.3. The number of nitrogens with zero attached hydrogens (tertiary/aromatic N) is 6. The zero-order chi connectivity index (χ0) is 35.5. The van der Waals surface area contributed by atoms with Gasteiger partial charge in [0, 0.05) is 40.6 Å². The number of hydrogen-bond acceptors (Lipinski definition) is 6. The van der Waals surface area contributed by atoms with Crippen molar-refractivity contribution in [3.63, 3.8) is 0 Å². The van der Waals surface area contributed by atoms with Crippen molar-refractivity contribution in [1.29, 1.82) is 0 Å². The van der Waals surface area contributed by atoms with Gasteiger partial charge in [-0.05, 0) is 62.1 Å². The lowest BCUT2D eigenvalue weighted by Crippen LogP contribution is -2.56. The monoisotopic (exact) mass is 770 g/mol. The van der Waals surface area contributed by atoms with Crippen LogP contribution in [0, 0.1) is 5.41 Å². The molecule has 2 aliphatic rings. The summed E-state index contributed by atoms with van der Waals surface area (Å²) in [5.41, 5.74) is -2.76. The third-order valence-corrected chi connectivity index (χ3v) is 9.70. The second-order valence-electron chi connectivity index (χ2n) is 12.9. The maximum Gasteiger partial charge on any atom is 0.435 e. The van der Waals surface area contributed by atoms with E-state index in [9.17, 15) is 36.3 Å². The van der Waals surface area contributed by atoms with Crippen LogP contribution in [0.1, 0.15) is 56.0 Å². The van der Waals surface area contributed by atoms with Gasteiger partial charge < -0.3 is 10.2 Å². The van der Waals surface area contributed by atoms with Crippen LogP contribution in [0.2, 0.25) is 5.02 Å². The first kappa shape index (κ1) is 34.7. The van der Waals surface area contributed by atoms with Crippen molar-refractivity contribution < 1.29 is 31.5 Å². The molecule has 0 bridgehead atoms. The minimum atomic E-state index is -4.80. The predicted molar refractivity (Wildman–Crippen MR) is 170 cm³/mol.